The molecule has 0 saturated heterocycles. The van der Waals surface area contributed by atoms with Crippen molar-refractivity contribution in [2.45, 2.75) is 0 Å². The van der Waals surface area contributed by atoms with Gasteiger partial charge in [0.25, 0.3) is 5.69 Å². The molecule has 0 heterocycles. The van der Waals surface area contributed by atoms with Crippen molar-refractivity contribution in [1.82, 2.24) is 0 Å². The number of phenolic OH excluding ortho intramolecular Hbond substituents is 1. The molecular weight excluding hydrogens is 510 g/mol. The summed E-state index contributed by atoms with van der Waals surface area (Å²) in [6, 6.07) is 11.4. The van der Waals surface area contributed by atoms with E-state index in [-0.39, 0.29) is 11.4 Å². The Morgan fingerprint density at radius 1 is 1.27 bits per heavy atom. The quantitative estimate of drug-likeness (QED) is 0.212. The molecule has 2 aromatic rings. The lowest BCUT2D eigenvalue weighted by Gasteiger charge is -2.05. The number of nitrogens with zero attached hydrogens (tertiary/aromatic N) is 2. The van der Waals surface area contributed by atoms with Crippen LogP contribution in [0.3, 0.4) is 0 Å². The zero-order chi connectivity index (χ0) is 16.3. The number of nitro groups is 1. The van der Waals surface area contributed by atoms with Gasteiger partial charge in [-0.1, -0.05) is 0 Å². The minimum absolute atomic E-state index is 0.0345. The number of allylic oxidation sites excluding steroid dienone is 1. The third-order valence-electron chi connectivity index (χ3n) is 2.87. The highest BCUT2D eigenvalue weighted by molar-refractivity contribution is 14.1. The number of hydrogen-bond donors (Lipinski definition) is 1. The van der Waals surface area contributed by atoms with E-state index in [4.69, 9.17) is 0 Å². The van der Waals surface area contributed by atoms with E-state index in [0.717, 1.165) is 3.57 Å². The van der Waals surface area contributed by atoms with Crippen molar-refractivity contribution in [3.05, 3.63) is 64.8 Å². The van der Waals surface area contributed by atoms with Crippen LogP contribution in [-0.2, 0) is 0 Å². The molecule has 0 saturated carbocycles. The Morgan fingerprint density at radius 3 is 2.45 bits per heavy atom. The van der Waals surface area contributed by atoms with Gasteiger partial charge < -0.3 is 5.11 Å². The Kier molecular flexibility index (Phi) is 5.36. The van der Waals surface area contributed by atoms with Gasteiger partial charge in [-0.05, 0) is 81.1 Å². The van der Waals surface area contributed by atoms with E-state index < -0.39 is 4.92 Å². The first-order chi connectivity index (χ1) is 10.4. The van der Waals surface area contributed by atoms with Crippen molar-refractivity contribution in [2.75, 3.05) is 0 Å². The standard InChI is InChI=1S/C15H8I2N2O3/c16-12-6-10(15(20)14(17)7-12)5-11(8-18)9-1-3-13(4-2-9)19(21)22/h1-7,20H. The lowest BCUT2D eigenvalue weighted by molar-refractivity contribution is -0.384. The second-order valence-corrected chi connectivity index (χ2v) is 6.71. The van der Waals surface area contributed by atoms with Crippen molar-refractivity contribution >= 4 is 62.5 Å². The summed E-state index contributed by atoms with van der Waals surface area (Å²) in [5, 5.41) is 30.0. The van der Waals surface area contributed by atoms with Crippen LogP contribution in [0.2, 0.25) is 0 Å². The summed E-state index contributed by atoms with van der Waals surface area (Å²) < 4.78 is 1.63. The molecular formula is C15H8I2N2O3. The molecule has 5 nitrogen and oxygen atoms in total. The van der Waals surface area contributed by atoms with Crippen LogP contribution >= 0.6 is 45.2 Å². The Bertz CT molecular complexity index is 809. The zero-order valence-corrected chi connectivity index (χ0v) is 15.3. The lowest BCUT2D eigenvalue weighted by atomic mass is 10.0. The van der Waals surface area contributed by atoms with Crippen LogP contribution in [-0.4, -0.2) is 10.0 Å². The lowest BCUT2D eigenvalue weighted by Crippen LogP contribution is -1.89. The van der Waals surface area contributed by atoms with Crippen LogP contribution < -0.4 is 0 Å². The molecule has 0 aliphatic heterocycles. The van der Waals surface area contributed by atoms with Gasteiger partial charge in [0.15, 0.2) is 0 Å². The number of benzene rings is 2. The highest BCUT2D eigenvalue weighted by atomic mass is 127. The van der Waals surface area contributed by atoms with Crippen LogP contribution in [0.15, 0.2) is 36.4 Å². The van der Waals surface area contributed by atoms with E-state index in [9.17, 15) is 20.5 Å². The minimum Gasteiger partial charge on any atom is -0.506 e. The van der Waals surface area contributed by atoms with Crippen LogP contribution in [0.25, 0.3) is 11.6 Å². The summed E-state index contributed by atoms with van der Waals surface area (Å²) in [4.78, 5) is 10.2. The Morgan fingerprint density at radius 2 is 1.91 bits per heavy atom. The fraction of sp³-hybridized carbons (Fsp3) is 0. The number of aromatic hydroxyl groups is 1. The van der Waals surface area contributed by atoms with Crippen molar-refractivity contribution in [3.8, 4) is 11.8 Å². The predicted octanol–water partition coefficient (Wildman–Crippen LogP) is 4.57. The molecule has 0 aliphatic carbocycles. The van der Waals surface area contributed by atoms with Gasteiger partial charge in [0, 0.05) is 21.3 Å². The third kappa shape index (κ3) is 3.75. The Balaban J connectivity index is 2.48. The smallest absolute Gasteiger partial charge is 0.269 e. The number of halogens is 2. The van der Waals surface area contributed by atoms with Gasteiger partial charge in [0.1, 0.15) is 5.75 Å². The molecule has 2 aromatic carbocycles. The summed E-state index contributed by atoms with van der Waals surface area (Å²) in [5.74, 6) is 0.107. The number of rotatable bonds is 3. The first-order valence-corrected chi connectivity index (χ1v) is 8.12. The molecule has 2 rings (SSSR count). The third-order valence-corrected chi connectivity index (χ3v) is 4.31. The van der Waals surface area contributed by atoms with Gasteiger partial charge in [-0.25, -0.2) is 0 Å². The second kappa shape index (κ2) is 7.06. The normalized spacial score (nSPS) is 11.0. The number of nitro benzene ring substituents is 1. The Labute approximate surface area is 153 Å². The van der Waals surface area contributed by atoms with E-state index >= 15 is 0 Å². The maximum atomic E-state index is 10.7. The van der Waals surface area contributed by atoms with E-state index in [1.807, 2.05) is 28.7 Å². The number of hydrogen-bond acceptors (Lipinski definition) is 4. The molecule has 0 radical (unpaired) electrons. The number of non-ortho nitro benzene ring substituents is 1. The molecule has 0 aliphatic rings. The van der Waals surface area contributed by atoms with Crippen molar-refractivity contribution in [1.29, 1.82) is 5.26 Å². The molecule has 1 N–H and O–H groups in total. The molecule has 0 aromatic heterocycles. The molecule has 0 spiro atoms. The van der Waals surface area contributed by atoms with Gasteiger partial charge >= 0.3 is 0 Å². The zero-order valence-electron chi connectivity index (χ0n) is 11.0. The average molecular weight is 518 g/mol. The topological polar surface area (TPSA) is 87.2 Å². The maximum absolute atomic E-state index is 10.7. The van der Waals surface area contributed by atoms with E-state index in [1.54, 1.807) is 12.1 Å². The van der Waals surface area contributed by atoms with Crippen molar-refractivity contribution in [2.24, 2.45) is 0 Å². The molecule has 22 heavy (non-hydrogen) atoms. The summed E-state index contributed by atoms with van der Waals surface area (Å²) in [6.45, 7) is 0. The summed E-state index contributed by atoms with van der Waals surface area (Å²) in [5.41, 5.74) is 1.38. The van der Waals surface area contributed by atoms with Crippen molar-refractivity contribution in [3.63, 3.8) is 0 Å². The fourth-order valence-electron chi connectivity index (χ4n) is 1.79. The summed E-state index contributed by atoms with van der Waals surface area (Å²) >= 11 is 4.15. The second-order valence-electron chi connectivity index (χ2n) is 4.30. The SMILES string of the molecule is N#CC(=Cc1cc(I)cc(I)c1O)c1ccc([N+](=O)[O-])cc1. The average Bonchev–Trinajstić information content (AvgIpc) is 2.49. The maximum Gasteiger partial charge on any atom is 0.269 e. The van der Waals surface area contributed by atoms with Crippen LogP contribution in [0, 0.1) is 28.6 Å². The minimum atomic E-state index is -0.493. The first kappa shape index (κ1) is 16.7. The van der Waals surface area contributed by atoms with Crippen LogP contribution in [0.5, 0.6) is 5.75 Å². The first-order valence-electron chi connectivity index (χ1n) is 5.97. The van der Waals surface area contributed by atoms with Gasteiger partial charge in [0.2, 0.25) is 0 Å². The highest BCUT2D eigenvalue weighted by Crippen LogP contribution is 2.30. The fourth-order valence-corrected chi connectivity index (χ4v) is 3.68. The molecule has 0 amide bonds. The number of nitriles is 1. The van der Waals surface area contributed by atoms with Crippen molar-refractivity contribution < 1.29 is 10.0 Å². The van der Waals surface area contributed by atoms with Gasteiger partial charge in [-0.3, -0.25) is 10.1 Å². The monoisotopic (exact) mass is 518 g/mol. The van der Waals surface area contributed by atoms with Crippen LogP contribution in [0.1, 0.15) is 11.1 Å². The predicted molar refractivity (Wildman–Crippen MR) is 100 cm³/mol. The van der Waals surface area contributed by atoms with Gasteiger partial charge in [0.05, 0.1) is 20.1 Å². The molecule has 0 unspecified atom stereocenters. The Hall–Kier alpha value is -1.67. The molecule has 7 heteroatoms. The van der Waals surface area contributed by atoms with E-state index in [0.29, 0.717) is 20.3 Å². The van der Waals surface area contributed by atoms with Gasteiger partial charge in [-0.2, -0.15) is 5.26 Å². The molecule has 110 valence electrons. The van der Waals surface area contributed by atoms with E-state index in [1.165, 1.54) is 24.3 Å². The largest absolute Gasteiger partial charge is 0.506 e. The summed E-state index contributed by atoms with van der Waals surface area (Å²) in [7, 11) is 0. The highest BCUT2D eigenvalue weighted by Gasteiger charge is 2.10. The molecule has 0 atom stereocenters. The number of phenols is 1. The summed E-state index contributed by atoms with van der Waals surface area (Å²) in [6.07, 6.45) is 1.57. The van der Waals surface area contributed by atoms with Gasteiger partial charge in [-0.15, -0.1) is 0 Å². The van der Waals surface area contributed by atoms with E-state index in [2.05, 4.69) is 28.7 Å². The molecule has 0 bridgehead atoms. The van der Waals surface area contributed by atoms with Crippen LogP contribution in [0.4, 0.5) is 5.69 Å². The molecule has 0 fully saturated rings.